The summed E-state index contributed by atoms with van der Waals surface area (Å²) >= 11 is 5.98. The first-order chi connectivity index (χ1) is 7.58. The molecule has 0 radical (unpaired) electrons. The van der Waals surface area contributed by atoms with Crippen LogP contribution >= 0.6 is 11.6 Å². The molecule has 0 fully saturated rings. The Morgan fingerprint density at radius 2 is 2.19 bits per heavy atom. The minimum Gasteiger partial charge on any atom is -0.392 e. The maximum absolute atomic E-state index is 9.30. The summed E-state index contributed by atoms with van der Waals surface area (Å²) in [6, 6.07) is 5.55. The largest absolute Gasteiger partial charge is 0.392 e. The zero-order chi connectivity index (χ0) is 12.1. The summed E-state index contributed by atoms with van der Waals surface area (Å²) in [5.74, 6) is 0. The van der Waals surface area contributed by atoms with Crippen molar-refractivity contribution in [1.82, 2.24) is 0 Å². The van der Waals surface area contributed by atoms with Crippen molar-refractivity contribution < 1.29 is 5.11 Å². The SMILES string of the molecule is C=C(C)CN(CC)c1cc(Cl)ccc1CO. The average molecular weight is 240 g/mol. The summed E-state index contributed by atoms with van der Waals surface area (Å²) in [4.78, 5) is 2.15. The first kappa shape index (κ1) is 13.1. The molecule has 1 rings (SSSR count). The van der Waals surface area contributed by atoms with Crippen LogP contribution in [0.5, 0.6) is 0 Å². The second-order valence-corrected chi connectivity index (χ2v) is 4.34. The predicted molar refractivity (Wildman–Crippen MR) is 70.1 cm³/mol. The number of anilines is 1. The van der Waals surface area contributed by atoms with Crippen LogP contribution in [0.25, 0.3) is 0 Å². The second-order valence-electron chi connectivity index (χ2n) is 3.90. The van der Waals surface area contributed by atoms with Gasteiger partial charge in [-0.1, -0.05) is 29.8 Å². The molecule has 3 heteroatoms. The van der Waals surface area contributed by atoms with E-state index >= 15 is 0 Å². The fourth-order valence-electron chi connectivity index (χ4n) is 1.66. The minimum atomic E-state index is 0.0270. The third-order valence-electron chi connectivity index (χ3n) is 2.40. The van der Waals surface area contributed by atoms with E-state index in [0.717, 1.165) is 29.9 Å². The fraction of sp³-hybridized carbons (Fsp3) is 0.385. The smallest absolute Gasteiger partial charge is 0.0702 e. The third-order valence-corrected chi connectivity index (χ3v) is 2.64. The van der Waals surface area contributed by atoms with E-state index in [1.54, 1.807) is 6.07 Å². The zero-order valence-corrected chi connectivity index (χ0v) is 10.6. The monoisotopic (exact) mass is 239 g/mol. The number of rotatable bonds is 5. The van der Waals surface area contributed by atoms with E-state index in [4.69, 9.17) is 11.6 Å². The van der Waals surface area contributed by atoms with Gasteiger partial charge in [0.15, 0.2) is 0 Å². The molecule has 0 saturated heterocycles. The minimum absolute atomic E-state index is 0.0270. The quantitative estimate of drug-likeness (QED) is 0.798. The number of likely N-dealkylation sites (N-methyl/N-ethyl adjacent to an activating group) is 1. The topological polar surface area (TPSA) is 23.5 Å². The molecule has 0 spiro atoms. The molecule has 16 heavy (non-hydrogen) atoms. The molecule has 0 unspecified atom stereocenters. The lowest BCUT2D eigenvalue weighted by molar-refractivity contribution is 0.282. The van der Waals surface area contributed by atoms with Gasteiger partial charge in [0, 0.05) is 29.4 Å². The molecule has 1 N–H and O–H groups in total. The zero-order valence-electron chi connectivity index (χ0n) is 9.83. The van der Waals surface area contributed by atoms with Crippen LogP contribution in [0.2, 0.25) is 5.02 Å². The van der Waals surface area contributed by atoms with Crippen molar-refractivity contribution in [2.24, 2.45) is 0 Å². The van der Waals surface area contributed by atoms with E-state index in [0.29, 0.717) is 5.02 Å². The summed E-state index contributed by atoms with van der Waals surface area (Å²) in [6.07, 6.45) is 0. The fourth-order valence-corrected chi connectivity index (χ4v) is 1.82. The highest BCUT2D eigenvalue weighted by Crippen LogP contribution is 2.25. The number of hydrogen-bond acceptors (Lipinski definition) is 2. The number of hydrogen-bond donors (Lipinski definition) is 1. The van der Waals surface area contributed by atoms with Crippen molar-refractivity contribution in [1.29, 1.82) is 0 Å². The molecule has 0 aliphatic heterocycles. The number of nitrogens with zero attached hydrogens (tertiary/aromatic N) is 1. The Bertz CT molecular complexity index is 376. The maximum atomic E-state index is 9.30. The van der Waals surface area contributed by atoms with Crippen LogP contribution in [0, 0.1) is 0 Å². The van der Waals surface area contributed by atoms with E-state index in [1.165, 1.54) is 0 Å². The Morgan fingerprint density at radius 1 is 1.50 bits per heavy atom. The van der Waals surface area contributed by atoms with Gasteiger partial charge in [-0.15, -0.1) is 0 Å². The molecule has 0 amide bonds. The van der Waals surface area contributed by atoms with Gasteiger partial charge < -0.3 is 10.0 Å². The summed E-state index contributed by atoms with van der Waals surface area (Å²) in [6.45, 7) is 9.65. The van der Waals surface area contributed by atoms with Crippen LogP contribution in [-0.2, 0) is 6.61 Å². The third kappa shape index (κ3) is 3.26. The van der Waals surface area contributed by atoms with Crippen molar-refractivity contribution in [2.45, 2.75) is 20.5 Å². The summed E-state index contributed by atoms with van der Waals surface area (Å²) in [5, 5.41) is 9.98. The number of benzene rings is 1. The highest BCUT2D eigenvalue weighted by atomic mass is 35.5. The molecular formula is C13H18ClNO. The van der Waals surface area contributed by atoms with Gasteiger partial charge in [-0.3, -0.25) is 0 Å². The van der Waals surface area contributed by atoms with E-state index in [2.05, 4.69) is 18.4 Å². The first-order valence-electron chi connectivity index (χ1n) is 5.37. The number of aliphatic hydroxyl groups is 1. The highest BCUT2D eigenvalue weighted by molar-refractivity contribution is 6.30. The average Bonchev–Trinajstić information content (AvgIpc) is 2.25. The summed E-state index contributed by atoms with van der Waals surface area (Å²) in [7, 11) is 0. The Hall–Kier alpha value is -0.990. The Balaban J connectivity index is 3.06. The second kappa shape index (κ2) is 5.92. The molecule has 0 aromatic heterocycles. The summed E-state index contributed by atoms with van der Waals surface area (Å²) < 4.78 is 0. The highest BCUT2D eigenvalue weighted by Gasteiger charge is 2.09. The van der Waals surface area contributed by atoms with Crippen LogP contribution in [-0.4, -0.2) is 18.2 Å². The van der Waals surface area contributed by atoms with Gasteiger partial charge in [0.1, 0.15) is 0 Å². The molecular weight excluding hydrogens is 222 g/mol. The van der Waals surface area contributed by atoms with Gasteiger partial charge in [0.2, 0.25) is 0 Å². The lowest BCUT2D eigenvalue weighted by Gasteiger charge is -2.25. The van der Waals surface area contributed by atoms with E-state index in [-0.39, 0.29) is 6.61 Å². The normalized spacial score (nSPS) is 10.2. The van der Waals surface area contributed by atoms with Gasteiger partial charge >= 0.3 is 0 Å². The van der Waals surface area contributed by atoms with E-state index in [1.807, 2.05) is 19.1 Å². The maximum Gasteiger partial charge on any atom is 0.0702 e. The van der Waals surface area contributed by atoms with Crippen molar-refractivity contribution in [3.8, 4) is 0 Å². The van der Waals surface area contributed by atoms with Crippen molar-refractivity contribution in [3.63, 3.8) is 0 Å². The number of halogens is 1. The Morgan fingerprint density at radius 3 is 2.69 bits per heavy atom. The van der Waals surface area contributed by atoms with Gasteiger partial charge in [-0.2, -0.15) is 0 Å². The van der Waals surface area contributed by atoms with Crippen molar-refractivity contribution in [3.05, 3.63) is 40.9 Å². The Labute approximate surface area is 102 Å². The predicted octanol–water partition coefficient (Wildman–Crippen LogP) is 3.23. The molecule has 0 heterocycles. The van der Waals surface area contributed by atoms with E-state index in [9.17, 15) is 5.11 Å². The Kier molecular flexibility index (Phi) is 4.84. The van der Waals surface area contributed by atoms with Gasteiger partial charge in [-0.05, 0) is 26.0 Å². The molecule has 1 aromatic carbocycles. The molecule has 0 atom stereocenters. The van der Waals surface area contributed by atoms with Crippen LogP contribution < -0.4 is 4.90 Å². The van der Waals surface area contributed by atoms with Gasteiger partial charge in [0.05, 0.1) is 6.61 Å². The summed E-state index contributed by atoms with van der Waals surface area (Å²) in [5.41, 5.74) is 2.97. The lowest BCUT2D eigenvalue weighted by Crippen LogP contribution is -2.25. The molecule has 0 saturated carbocycles. The first-order valence-corrected chi connectivity index (χ1v) is 5.75. The van der Waals surface area contributed by atoms with Crippen molar-refractivity contribution in [2.75, 3.05) is 18.0 Å². The molecule has 0 aliphatic rings. The lowest BCUT2D eigenvalue weighted by atomic mass is 10.1. The molecule has 0 bridgehead atoms. The van der Waals surface area contributed by atoms with Crippen LogP contribution in [0.4, 0.5) is 5.69 Å². The van der Waals surface area contributed by atoms with Crippen LogP contribution in [0.3, 0.4) is 0 Å². The van der Waals surface area contributed by atoms with E-state index < -0.39 is 0 Å². The van der Waals surface area contributed by atoms with Gasteiger partial charge in [0.25, 0.3) is 0 Å². The van der Waals surface area contributed by atoms with Crippen LogP contribution in [0.15, 0.2) is 30.4 Å². The molecule has 1 aromatic rings. The molecule has 88 valence electrons. The van der Waals surface area contributed by atoms with Crippen LogP contribution in [0.1, 0.15) is 19.4 Å². The molecule has 0 aliphatic carbocycles. The number of aliphatic hydroxyl groups excluding tert-OH is 1. The van der Waals surface area contributed by atoms with Crippen molar-refractivity contribution >= 4 is 17.3 Å². The van der Waals surface area contributed by atoms with Gasteiger partial charge in [-0.25, -0.2) is 0 Å². The molecule has 2 nitrogen and oxygen atoms in total. The standard InChI is InChI=1S/C13H18ClNO/c1-4-15(8-10(2)3)13-7-12(14)6-5-11(13)9-16/h5-7,16H,2,4,8-9H2,1,3H3.